The van der Waals surface area contributed by atoms with E-state index in [1.165, 1.54) is 11.0 Å². The van der Waals surface area contributed by atoms with Crippen molar-refractivity contribution in [3.63, 3.8) is 0 Å². The highest BCUT2D eigenvalue weighted by Crippen LogP contribution is 2.19. The van der Waals surface area contributed by atoms with Crippen molar-refractivity contribution in [2.45, 2.75) is 40.3 Å². The third kappa shape index (κ3) is 5.82. The molecule has 0 atom stereocenters. The minimum Gasteiger partial charge on any atom is -0.451 e. The van der Waals surface area contributed by atoms with Crippen LogP contribution in [0.3, 0.4) is 0 Å². The van der Waals surface area contributed by atoms with E-state index >= 15 is 0 Å². The minimum absolute atomic E-state index is 0.125. The number of esters is 1. The second-order valence-corrected chi connectivity index (χ2v) is 6.96. The van der Waals surface area contributed by atoms with Crippen LogP contribution in [0, 0.1) is 25.2 Å². The molecule has 1 heterocycles. The number of carbonyl (C=O) groups excluding carboxylic acids is 2. The molecule has 152 valence electrons. The van der Waals surface area contributed by atoms with Crippen molar-refractivity contribution in [3.05, 3.63) is 64.5 Å². The third-order valence-corrected chi connectivity index (χ3v) is 4.72. The monoisotopic (exact) mass is 393 g/mol. The first kappa shape index (κ1) is 22.0. The largest absolute Gasteiger partial charge is 0.451 e. The zero-order valence-electron chi connectivity index (χ0n) is 17.4. The molecule has 1 aromatic heterocycles. The predicted octanol–water partition coefficient (Wildman–Crippen LogP) is 3.62. The summed E-state index contributed by atoms with van der Waals surface area (Å²) < 4.78 is 7.23. The first-order valence-electron chi connectivity index (χ1n) is 9.60. The Labute approximate surface area is 172 Å². The van der Waals surface area contributed by atoms with E-state index in [0.29, 0.717) is 6.54 Å². The van der Waals surface area contributed by atoms with Crippen molar-refractivity contribution in [2.24, 2.45) is 0 Å². The van der Waals surface area contributed by atoms with E-state index in [4.69, 9.17) is 4.74 Å². The standard InChI is InChI=1S/C23H27N3O3/c1-5-11-26-17(2)12-20(18(26)3)13-21(14-24)23(28)29-16-22(27)25(4)15-19-9-7-6-8-10-19/h6-10,12-13H,5,11,15-16H2,1-4H3/b21-13+. The summed E-state index contributed by atoms with van der Waals surface area (Å²) in [5.41, 5.74) is 3.72. The smallest absolute Gasteiger partial charge is 0.349 e. The predicted molar refractivity (Wildman–Crippen MR) is 112 cm³/mol. The summed E-state index contributed by atoms with van der Waals surface area (Å²) >= 11 is 0. The highest BCUT2D eigenvalue weighted by atomic mass is 16.5. The van der Waals surface area contributed by atoms with Gasteiger partial charge in [-0.3, -0.25) is 4.79 Å². The van der Waals surface area contributed by atoms with Gasteiger partial charge in [-0.15, -0.1) is 0 Å². The van der Waals surface area contributed by atoms with Crippen LogP contribution in [0.1, 0.15) is 35.9 Å². The van der Waals surface area contributed by atoms with Crippen molar-refractivity contribution >= 4 is 18.0 Å². The number of hydrogen-bond donors (Lipinski definition) is 0. The van der Waals surface area contributed by atoms with Crippen LogP contribution in [0.5, 0.6) is 0 Å². The Balaban J connectivity index is 2.01. The average Bonchev–Trinajstić information content (AvgIpc) is 2.98. The van der Waals surface area contributed by atoms with Gasteiger partial charge in [0, 0.05) is 31.5 Å². The normalized spacial score (nSPS) is 11.1. The lowest BCUT2D eigenvalue weighted by atomic mass is 10.1. The number of aromatic nitrogens is 1. The fraction of sp³-hybridized carbons (Fsp3) is 0.348. The number of nitriles is 1. The Hall–Kier alpha value is -3.33. The molecule has 29 heavy (non-hydrogen) atoms. The number of amides is 1. The Kier molecular flexibility index (Phi) is 7.79. The molecule has 0 radical (unpaired) electrons. The van der Waals surface area contributed by atoms with Crippen LogP contribution in [0.25, 0.3) is 6.08 Å². The van der Waals surface area contributed by atoms with Crippen LogP contribution in [-0.4, -0.2) is 35.0 Å². The van der Waals surface area contributed by atoms with Gasteiger partial charge in [0.25, 0.3) is 5.91 Å². The van der Waals surface area contributed by atoms with Gasteiger partial charge in [-0.25, -0.2) is 4.79 Å². The summed E-state index contributed by atoms with van der Waals surface area (Å²) in [6.45, 7) is 6.93. The molecule has 0 aliphatic heterocycles. The highest BCUT2D eigenvalue weighted by molar-refractivity contribution is 5.99. The van der Waals surface area contributed by atoms with Gasteiger partial charge in [0.05, 0.1) is 0 Å². The van der Waals surface area contributed by atoms with E-state index in [1.54, 1.807) is 7.05 Å². The molecule has 0 spiro atoms. The molecule has 0 saturated carbocycles. The summed E-state index contributed by atoms with van der Waals surface area (Å²) in [5.74, 6) is -1.13. The van der Waals surface area contributed by atoms with E-state index in [2.05, 4.69) is 11.5 Å². The SMILES string of the molecule is CCCn1c(C)cc(/C=C(\C#N)C(=O)OCC(=O)N(C)Cc2ccccc2)c1C. The quantitative estimate of drug-likeness (QED) is 0.390. The molecule has 1 aromatic carbocycles. The van der Waals surface area contributed by atoms with Crippen LogP contribution >= 0.6 is 0 Å². The van der Waals surface area contributed by atoms with E-state index < -0.39 is 12.6 Å². The van der Waals surface area contributed by atoms with Gasteiger partial charge in [-0.1, -0.05) is 37.3 Å². The molecule has 0 fully saturated rings. The fourth-order valence-corrected chi connectivity index (χ4v) is 3.09. The molecule has 0 unspecified atom stereocenters. The first-order valence-corrected chi connectivity index (χ1v) is 9.60. The second-order valence-electron chi connectivity index (χ2n) is 6.96. The number of rotatable bonds is 8. The van der Waals surface area contributed by atoms with Gasteiger partial charge in [0.2, 0.25) is 0 Å². The highest BCUT2D eigenvalue weighted by Gasteiger charge is 2.17. The lowest BCUT2D eigenvalue weighted by Crippen LogP contribution is -2.31. The Morgan fingerprint density at radius 1 is 1.24 bits per heavy atom. The van der Waals surface area contributed by atoms with E-state index in [1.807, 2.05) is 56.3 Å². The van der Waals surface area contributed by atoms with Gasteiger partial charge in [0.15, 0.2) is 6.61 Å². The topological polar surface area (TPSA) is 75.3 Å². The lowest BCUT2D eigenvalue weighted by Gasteiger charge is -2.17. The summed E-state index contributed by atoms with van der Waals surface area (Å²) in [4.78, 5) is 26.0. The number of aryl methyl sites for hydroxylation is 1. The van der Waals surface area contributed by atoms with Crippen LogP contribution in [0.2, 0.25) is 0 Å². The molecule has 1 amide bonds. The Morgan fingerprint density at radius 2 is 1.93 bits per heavy atom. The average molecular weight is 393 g/mol. The van der Waals surface area contributed by atoms with Gasteiger partial charge < -0.3 is 14.2 Å². The van der Waals surface area contributed by atoms with Crippen LogP contribution < -0.4 is 0 Å². The molecule has 0 bridgehead atoms. The number of likely N-dealkylation sites (N-methyl/N-ethyl adjacent to an activating group) is 1. The number of nitrogens with zero attached hydrogens (tertiary/aromatic N) is 3. The Morgan fingerprint density at radius 3 is 2.55 bits per heavy atom. The second kappa shape index (κ2) is 10.3. The van der Waals surface area contributed by atoms with Gasteiger partial charge in [0.1, 0.15) is 11.6 Å². The summed E-state index contributed by atoms with van der Waals surface area (Å²) in [7, 11) is 1.65. The molecule has 6 nitrogen and oxygen atoms in total. The maximum absolute atomic E-state index is 12.3. The van der Waals surface area contributed by atoms with E-state index in [9.17, 15) is 14.9 Å². The third-order valence-electron chi connectivity index (χ3n) is 4.72. The molecule has 0 aliphatic carbocycles. The first-order chi connectivity index (χ1) is 13.9. The molecular formula is C23H27N3O3. The molecular weight excluding hydrogens is 366 g/mol. The van der Waals surface area contributed by atoms with Crippen molar-refractivity contribution in [1.29, 1.82) is 5.26 Å². The summed E-state index contributed by atoms with van der Waals surface area (Å²) in [5, 5.41) is 9.38. The van der Waals surface area contributed by atoms with Gasteiger partial charge in [-0.05, 0) is 43.5 Å². The molecule has 2 aromatic rings. The van der Waals surface area contributed by atoms with Crippen molar-refractivity contribution < 1.29 is 14.3 Å². The zero-order valence-corrected chi connectivity index (χ0v) is 17.4. The maximum Gasteiger partial charge on any atom is 0.349 e. The molecule has 6 heteroatoms. The van der Waals surface area contributed by atoms with Crippen LogP contribution in [0.4, 0.5) is 0 Å². The minimum atomic E-state index is -0.797. The van der Waals surface area contributed by atoms with Gasteiger partial charge in [-0.2, -0.15) is 5.26 Å². The van der Waals surface area contributed by atoms with Crippen molar-refractivity contribution in [1.82, 2.24) is 9.47 Å². The number of benzene rings is 1. The number of ether oxygens (including phenoxy) is 1. The molecule has 0 N–H and O–H groups in total. The summed E-state index contributed by atoms with van der Waals surface area (Å²) in [6.07, 6.45) is 2.51. The van der Waals surface area contributed by atoms with Crippen LogP contribution in [-0.2, 0) is 27.4 Å². The zero-order chi connectivity index (χ0) is 21.4. The fourth-order valence-electron chi connectivity index (χ4n) is 3.09. The molecule has 2 rings (SSSR count). The maximum atomic E-state index is 12.3. The van der Waals surface area contributed by atoms with Crippen molar-refractivity contribution in [3.8, 4) is 6.07 Å². The van der Waals surface area contributed by atoms with Crippen molar-refractivity contribution in [2.75, 3.05) is 13.7 Å². The summed E-state index contributed by atoms with van der Waals surface area (Å²) in [6, 6.07) is 13.4. The number of hydrogen-bond acceptors (Lipinski definition) is 4. The number of carbonyl (C=O) groups is 2. The van der Waals surface area contributed by atoms with E-state index in [-0.39, 0.29) is 11.5 Å². The van der Waals surface area contributed by atoms with Gasteiger partial charge >= 0.3 is 5.97 Å². The molecule has 0 saturated heterocycles. The van der Waals surface area contributed by atoms with E-state index in [0.717, 1.165) is 35.5 Å². The Bertz CT molecular complexity index is 936. The lowest BCUT2D eigenvalue weighted by molar-refractivity contribution is -0.148. The molecule has 0 aliphatic rings. The van der Waals surface area contributed by atoms with Crippen LogP contribution in [0.15, 0.2) is 42.0 Å².